The highest BCUT2D eigenvalue weighted by Gasteiger charge is 2.48. The van der Waals surface area contributed by atoms with Gasteiger partial charge in [0.25, 0.3) is 5.56 Å². The molecule has 2 aromatic rings. The second-order valence-electron chi connectivity index (χ2n) is 7.80. The average molecular weight is 386 g/mol. The largest absolute Gasteiger partial charge is 0.504 e. The molecule has 2 fully saturated rings. The van der Waals surface area contributed by atoms with E-state index in [2.05, 4.69) is 9.88 Å². The maximum Gasteiger partial charge on any atom is 0.258 e. The molecular weight excluding hydrogens is 360 g/mol. The van der Waals surface area contributed by atoms with Crippen molar-refractivity contribution in [2.45, 2.75) is 25.8 Å². The van der Waals surface area contributed by atoms with Crippen molar-refractivity contribution in [1.29, 1.82) is 0 Å². The van der Waals surface area contributed by atoms with E-state index in [4.69, 9.17) is 4.74 Å². The van der Waals surface area contributed by atoms with Gasteiger partial charge in [0.2, 0.25) is 5.91 Å². The monoisotopic (exact) mass is 386 g/mol. The highest BCUT2D eigenvalue weighted by atomic mass is 16.5. The summed E-state index contributed by atoms with van der Waals surface area (Å²) in [6, 6.07) is 4.63. The molecule has 2 aliphatic heterocycles. The van der Waals surface area contributed by atoms with E-state index >= 15 is 0 Å². The van der Waals surface area contributed by atoms with Gasteiger partial charge in [0.1, 0.15) is 0 Å². The molecule has 8 heteroatoms. The van der Waals surface area contributed by atoms with E-state index in [1.165, 1.54) is 16.5 Å². The van der Waals surface area contributed by atoms with Crippen LogP contribution in [-0.2, 0) is 16.1 Å². The summed E-state index contributed by atoms with van der Waals surface area (Å²) in [6.07, 6.45) is 4.33. The Morgan fingerprint density at radius 3 is 2.96 bits per heavy atom. The van der Waals surface area contributed by atoms with Crippen molar-refractivity contribution in [3.63, 3.8) is 0 Å². The molecule has 4 heterocycles. The Morgan fingerprint density at radius 2 is 2.14 bits per heavy atom. The first-order valence-corrected chi connectivity index (χ1v) is 9.73. The van der Waals surface area contributed by atoms with E-state index in [1.54, 1.807) is 19.4 Å². The van der Waals surface area contributed by atoms with Crippen LogP contribution in [0, 0.1) is 5.41 Å². The maximum absolute atomic E-state index is 13.1. The fourth-order valence-electron chi connectivity index (χ4n) is 4.51. The number of rotatable bonds is 5. The maximum atomic E-state index is 13.1. The summed E-state index contributed by atoms with van der Waals surface area (Å²) in [5, 5.41) is 10.0. The van der Waals surface area contributed by atoms with Crippen LogP contribution in [0.5, 0.6) is 5.75 Å². The highest BCUT2D eigenvalue weighted by Crippen LogP contribution is 2.40. The lowest BCUT2D eigenvalue weighted by atomic mass is 9.78. The topological polar surface area (TPSA) is 87.4 Å². The molecule has 2 aliphatic rings. The second-order valence-corrected chi connectivity index (χ2v) is 7.80. The van der Waals surface area contributed by atoms with E-state index < -0.39 is 0 Å². The van der Waals surface area contributed by atoms with E-state index in [9.17, 15) is 14.7 Å². The zero-order valence-corrected chi connectivity index (χ0v) is 16.1. The molecule has 1 spiro atoms. The number of hydrogen-bond donors (Lipinski definition) is 1. The first kappa shape index (κ1) is 18.9. The van der Waals surface area contributed by atoms with Crippen molar-refractivity contribution in [3.05, 3.63) is 40.4 Å². The van der Waals surface area contributed by atoms with Gasteiger partial charge in [0.05, 0.1) is 17.7 Å². The number of methoxy groups -OCH3 is 1. The zero-order chi connectivity index (χ0) is 19.7. The van der Waals surface area contributed by atoms with Gasteiger partial charge in [-0.1, -0.05) is 0 Å². The summed E-state index contributed by atoms with van der Waals surface area (Å²) >= 11 is 0. The molecule has 4 rings (SSSR count). The van der Waals surface area contributed by atoms with Crippen molar-refractivity contribution in [3.8, 4) is 5.75 Å². The molecule has 0 bridgehead atoms. The molecule has 2 saturated heterocycles. The minimum Gasteiger partial charge on any atom is -0.504 e. The molecule has 2 aromatic heterocycles. The molecule has 1 amide bonds. The third-order valence-corrected chi connectivity index (χ3v) is 5.93. The summed E-state index contributed by atoms with van der Waals surface area (Å²) in [5.41, 5.74) is 0.325. The molecule has 28 heavy (non-hydrogen) atoms. The van der Waals surface area contributed by atoms with Gasteiger partial charge in [-0.2, -0.15) is 0 Å². The van der Waals surface area contributed by atoms with Gasteiger partial charge in [-0.15, -0.1) is 0 Å². The number of carbonyl (C=O) groups is 1. The average Bonchev–Trinajstić information content (AvgIpc) is 3.07. The van der Waals surface area contributed by atoms with Crippen LogP contribution in [-0.4, -0.2) is 70.1 Å². The molecule has 0 radical (unpaired) electrons. The first-order chi connectivity index (χ1) is 13.5. The summed E-state index contributed by atoms with van der Waals surface area (Å²) in [6.45, 7) is 3.96. The molecule has 8 nitrogen and oxygen atoms in total. The van der Waals surface area contributed by atoms with Crippen molar-refractivity contribution >= 4 is 11.6 Å². The fourth-order valence-corrected chi connectivity index (χ4v) is 4.51. The van der Waals surface area contributed by atoms with E-state index in [0.717, 1.165) is 32.4 Å². The standard InChI is InChI=1S/C20H26N4O4/c1-28-11-10-23-7-3-5-20(19(23)27)6-9-22(14-20)13-15-12-17(26)24-8-2-4-16(25)18(24)21-15/h2,4,8,12,25H,3,5-7,9-11,13-14H2,1H3/t20-/m1/s1. The number of carbonyl (C=O) groups excluding carboxylic acids is 1. The number of pyridine rings is 1. The SMILES string of the molecule is COCCN1CCC[C@]2(CCN(Cc3cc(=O)n4cccc(O)c4n3)C2)C1=O. The summed E-state index contributed by atoms with van der Waals surface area (Å²) in [4.78, 5) is 34.0. The Labute approximate surface area is 163 Å². The summed E-state index contributed by atoms with van der Waals surface area (Å²) in [7, 11) is 1.65. The second kappa shape index (κ2) is 7.52. The van der Waals surface area contributed by atoms with Crippen LogP contribution in [0.2, 0.25) is 0 Å². The normalized spacial score (nSPS) is 23.2. The molecule has 0 saturated carbocycles. The number of ether oxygens (including phenoxy) is 1. The minimum absolute atomic E-state index is 0.0180. The summed E-state index contributed by atoms with van der Waals surface area (Å²) < 4.78 is 6.47. The zero-order valence-electron chi connectivity index (χ0n) is 16.1. The molecular formula is C20H26N4O4. The Bertz CT molecular complexity index is 943. The Kier molecular flexibility index (Phi) is 5.07. The van der Waals surface area contributed by atoms with Crippen LogP contribution in [0.15, 0.2) is 29.2 Å². The quantitative estimate of drug-likeness (QED) is 0.820. The van der Waals surface area contributed by atoms with Crippen LogP contribution in [0.3, 0.4) is 0 Å². The third kappa shape index (κ3) is 3.38. The van der Waals surface area contributed by atoms with Crippen molar-refractivity contribution in [2.24, 2.45) is 5.41 Å². The Morgan fingerprint density at radius 1 is 1.29 bits per heavy atom. The number of aromatic nitrogens is 2. The molecule has 0 aliphatic carbocycles. The Hall–Kier alpha value is -2.45. The van der Waals surface area contributed by atoms with Gasteiger partial charge in [0, 0.05) is 45.6 Å². The number of hydrogen-bond acceptors (Lipinski definition) is 6. The first-order valence-electron chi connectivity index (χ1n) is 9.73. The van der Waals surface area contributed by atoms with E-state index in [1.807, 2.05) is 4.90 Å². The number of aromatic hydroxyl groups is 1. The molecule has 0 aromatic carbocycles. The van der Waals surface area contributed by atoms with Gasteiger partial charge in [0.15, 0.2) is 11.4 Å². The fraction of sp³-hybridized carbons (Fsp3) is 0.550. The van der Waals surface area contributed by atoms with E-state index in [0.29, 0.717) is 31.9 Å². The predicted molar refractivity (Wildman–Crippen MR) is 103 cm³/mol. The number of fused-ring (bicyclic) bond motifs is 1. The molecule has 0 unspecified atom stereocenters. The van der Waals surface area contributed by atoms with Crippen LogP contribution >= 0.6 is 0 Å². The van der Waals surface area contributed by atoms with E-state index in [-0.39, 0.29) is 28.3 Å². The third-order valence-electron chi connectivity index (χ3n) is 5.93. The lowest BCUT2D eigenvalue weighted by Crippen LogP contribution is -2.50. The molecule has 1 atom stereocenters. The van der Waals surface area contributed by atoms with Gasteiger partial charge in [-0.25, -0.2) is 4.98 Å². The van der Waals surface area contributed by atoms with Crippen molar-refractivity contribution < 1.29 is 14.6 Å². The smallest absolute Gasteiger partial charge is 0.258 e. The Balaban J connectivity index is 1.51. The molecule has 1 N–H and O–H groups in total. The van der Waals surface area contributed by atoms with Crippen LogP contribution in [0.25, 0.3) is 5.65 Å². The predicted octanol–water partition coefficient (Wildman–Crippen LogP) is 0.861. The van der Waals surface area contributed by atoms with Crippen molar-refractivity contribution in [1.82, 2.24) is 19.2 Å². The van der Waals surface area contributed by atoms with Gasteiger partial charge in [-0.3, -0.25) is 18.9 Å². The molecule has 150 valence electrons. The summed E-state index contributed by atoms with van der Waals surface area (Å²) in [5.74, 6) is 0.207. The lowest BCUT2D eigenvalue weighted by Gasteiger charge is -2.39. The number of amides is 1. The van der Waals surface area contributed by atoms with Gasteiger partial charge >= 0.3 is 0 Å². The minimum atomic E-state index is -0.333. The number of likely N-dealkylation sites (tertiary alicyclic amines) is 2. The van der Waals surface area contributed by atoms with Gasteiger partial charge < -0.3 is 14.7 Å². The lowest BCUT2D eigenvalue weighted by molar-refractivity contribution is -0.146. The van der Waals surface area contributed by atoms with Crippen LogP contribution < -0.4 is 5.56 Å². The van der Waals surface area contributed by atoms with Crippen LogP contribution in [0.4, 0.5) is 0 Å². The number of nitrogens with zero attached hydrogens (tertiary/aromatic N) is 4. The van der Waals surface area contributed by atoms with Gasteiger partial charge in [-0.05, 0) is 37.9 Å². The van der Waals surface area contributed by atoms with Crippen molar-refractivity contribution in [2.75, 3.05) is 39.9 Å². The number of piperidine rings is 1. The highest BCUT2D eigenvalue weighted by molar-refractivity contribution is 5.84. The van der Waals surface area contributed by atoms with Crippen LogP contribution in [0.1, 0.15) is 25.0 Å².